The van der Waals surface area contributed by atoms with Crippen LogP contribution in [0.15, 0.2) is 24.4 Å². The molecule has 0 saturated heterocycles. The van der Waals surface area contributed by atoms with Crippen molar-refractivity contribution in [1.29, 1.82) is 0 Å². The maximum atomic E-state index is 12.8. The average Bonchev–Trinajstić information content (AvgIpc) is 2.74. The topological polar surface area (TPSA) is 63.9 Å². The number of nitrogens with zero attached hydrogens (tertiary/aromatic N) is 1. The highest BCUT2D eigenvalue weighted by molar-refractivity contribution is 5.74. The number of benzene rings is 1. The lowest BCUT2D eigenvalue weighted by Gasteiger charge is -2.07. The first-order valence-corrected chi connectivity index (χ1v) is 4.78. The summed E-state index contributed by atoms with van der Waals surface area (Å²) in [6.45, 7) is -0.575. The number of aromatic amines is 1. The van der Waals surface area contributed by atoms with E-state index < -0.39 is 6.67 Å². The van der Waals surface area contributed by atoms with Crippen molar-refractivity contribution in [2.75, 3.05) is 12.8 Å². The van der Waals surface area contributed by atoms with Crippen LogP contribution < -0.4 is 10.5 Å². The van der Waals surface area contributed by atoms with Gasteiger partial charge in [-0.1, -0.05) is 6.07 Å². The zero-order chi connectivity index (χ0) is 11.5. The Morgan fingerprint density at radius 3 is 2.88 bits per heavy atom. The number of rotatable bonds is 3. The highest BCUT2D eigenvalue weighted by Gasteiger charge is 2.08. The zero-order valence-corrected chi connectivity index (χ0v) is 8.83. The van der Waals surface area contributed by atoms with E-state index in [1.807, 2.05) is 6.07 Å². The van der Waals surface area contributed by atoms with Crippen LogP contribution in [0.3, 0.4) is 0 Å². The molecule has 16 heavy (non-hydrogen) atoms. The van der Waals surface area contributed by atoms with Crippen LogP contribution in [0.5, 0.6) is 5.75 Å². The molecule has 5 heteroatoms. The van der Waals surface area contributed by atoms with Crippen molar-refractivity contribution in [3.05, 3.63) is 30.0 Å². The maximum absolute atomic E-state index is 12.8. The fraction of sp³-hybridized carbons (Fsp3) is 0.182. The molecule has 0 radical (unpaired) electrons. The SMILES string of the molecule is COc1ccc(-c2cn[nH]c2N)cc1CF. The molecule has 1 heterocycles. The quantitative estimate of drug-likeness (QED) is 0.834. The van der Waals surface area contributed by atoms with Crippen LogP contribution in [-0.4, -0.2) is 17.3 Å². The number of nitrogens with two attached hydrogens (primary N) is 1. The van der Waals surface area contributed by atoms with Crippen LogP contribution in [0.1, 0.15) is 5.56 Å². The Bertz CT molecular complexity index is 496. The van der Waals surface area contributed by atoms with Crippen LogP contribution in [0.4, 0.5) is 10.2 Å². The lowest BCUT2D eigenvalue weighted by Crippen LogP contribution is -1.92. The van der Waals surface area contributed by atoms with E-state index >= 15 is 0 Å². The number of aromatic nitrogens is 2. The average molecular weight is 221 g/mol. The van der Waals surface area contributed by atoms with Crippen molar-refractivity contribution < 1.29 is 9.13 Å². The van der Waals surface area contributed by atoms with E-state index in [-0.39, 0.29) is 0 Å². The first kappa shape index (κ1) is 10.5. The second kappa shape index (κ2) is 4.22. The number of nitrogens with one attached hydrogen (secondary N) is 1. The summed E-state index contributed by atoms with van der Waals surface area (Å²) in [6, 6.07) is 5.25. The number of anilines is 1. The van der Waals surface area contributed by atoms with Gasteiger partial charge in [-0.15, -0.1) is 0 Å². The van der Waals surface area contributed by atoms with E-state index in [0.717, 1.165) is 11.1 Å². The van der Waals surface area contributed by atoms with Crippen molar-refractivity contribution in [3.63, 3.8) is 0 Å². The van der Waals surface area contributed by atoms with Crippen molar-refractivity contribution >= 4 is 5.82 Å². The summed E-state index contributed by atoms with van der Waals surface area (Å²) < 4.78 is 17.8. The van der Waals surface area contributed by atoms with Crippen LogP contribution in [0.2, 0.25) is 0 Å². The Kier molecular flexibility index (Phi) is 2.76. The molecule has 0 saturated carbocycles. The molecule has 0 atom stereocenters. The molecule has 4 nitrogen and oxygen atoms in total. The number of ether oxygens (including phenoxy) is 1. The minimum Gasteiger partial charge on any atom is -0.496 e. The van der Waals surface area contributed by atoms with E-state index in [0.29, 0.717) is 17.1 Å². The molecule has 2 rings (SSSR count). The number of H-pyrrole nitrogens is 1. The van der Waals surface area contributed by atoms with Gasteiger partial charge in [0.1, 0.15) is 18.2 Å². The maximum Gasteiger partial charge on any atom is 0.126 e. The first-order valence-electron chi connectivity index (χ1n) is 4.78. The molecular weight excluding hydrogens is 209 g/mol. The van der Waals surface area contributed by atoms with Gasteiger partial charge in [-0.3, -0.25) is 5.10 Å². The molecule has 0 aliphatic carbocycles. The molecule has 0 spiro atoms. The summed E-state index contributed by atoms with van der Waals surface area (Å²) in [5.74, 6) is 1.00. The summed E-state index contributed by atoms with van der Waals surface area (Å²) in [6.07, 6.45) is 1.61. The Hall–Kier alpha value is -2.04. The molecular formula is C11H12FN3O. The van der Waals surface area contributed by atoms with Crippen molar-refractivity contribution in [1.82, 2.24) is 10.2 Å². The summed E-state index contributed by atoms with van der Waals surface area (Å²) in [7, 11) is 1.51. The van der Waals surface area contributed by atoms with Gasteiger partial charge in [-0.25, -0.2) is 4.39 Å². The summed E-state index contributed by atoms with van der Waals surface area (Å²) >= 11 is 0. The number of hydrogen-bond donors (Lipinski definition) is 2. The fourth-order valence-corrected chi connectivity index (χ4v) is 1.58. The van der Waals surface area contributed by atoms with Crippen molar-refractivity contribution in [3.8, 4) is 16.9 Å². The van der Waals surface area contributed by atoms with Crippen molar-refractivity contribution in [2.45, 2.75) is 6.67 Å². The Morgan fingerprint density at radius 1 is 1.50 bits per heavy atom. The molecule has 0 aliphatic rings. The third-order valence-corrected chi connectivity index (χ3v) is 2.40. The van der Waals surface area contributed by atoms with E-state index in [1.54, 1.807) is 18.3 Å². The van der Waals surface area contributed by atoms with Gasteiger partial charge >= 0.3 is 0 Å². The van der Waals surface area contributed by atoms with Crippen LogP contribution in [-0.2, 0) is 6.67 Å². The normalized spacial score (nSPS) is 10.4. The third-order valence-electron chi connectivity index (χ3n) is 2.40. The molecule has 0 amide bonds. The van der Waals surface area contributed by atoms with Gasteiger partial charge in [0.25, 0.3) is 0 Å². The van der Waals surface area contributed by atoms with E-state index in [9.17, 15) is 4.39 Å². The fourth-order valence-electron chi connectivity index (χ4n) is 1.58. The highest BCUT2D eigenvalue weighted by Crippen LogP contribution is 2.29. The number of nitrogen functional groups attached to an aromatic ring is 1. The van der Waals surface area contributed by atoms with Crippen LogP contribution in [0.25, 0.3) is 11.1 Å². The standard InChI is InChI=1S/C11H12FN3O/c1-16-10-3-2-7(4-8(10)5-12)9-6-14-15-11(9)13/h2-4,6H,5H2,1H3,(H3,13,14,15). The van der Waals surface area contributed by atoms with Gasteiger partial charge in [0.15, 0.2) is 0 Å². The predicted molar refractivity (Wildman–Crippen MR) is 59.8 cm³/mol. The summed E-state index contributed by atoms with van der Waals surface area (Å²) in [4.78, 5) is 0. The molecule has 2 aromatic rings. The zero-order valence-electron chi connectivity index (χ0n) is 8.83. The first-order chi connectivity index (χ1) is 7.76. The number of methoxy groups -OCH3 is 1. The van der Waals surface area contributed by atoms with Gasteiger partial charge in [-0.2, -0.15) is 5.10 Å². The Labute approximate surface area is 92.2 Å². The second-order valence-corrected chi connectivity index (χ2v) is 3.36. The molecule has 0 fully saturated rings. The monoisotopic (exact) mass is 221 g/mol. The third kappa shape index (κ3) is 1.71. The molecule has 3 N–H and O–H groups in total. The molecule has 0 aliphatic heterocycles. The predicted octanol–water partition coefficient (Wildman–Crippen LogP) is 2.14. The number of alkyl halides is 1. The molecule has 0 unspecified atom stereocenters. The Balaban J connectivity index is 2.48. The Morgan fingerprint density at radius 2 is 2.31 bits per heavy atom. The van der Waals surface area contributed by atoms with E-state index in [4.69, 9.17) is 10.5 Å². The minimum absolute atomic E-state index is 0.468. The molecule has 1 aromatic heterocycles. The lowest BCUT2D eigenvalue weighted by molar-refractivity contribution is 0.394. The minimum atomic E-state index is -0.575. The number of hydrogen-bond acceptors (Lipinski definition) is 3. The smallest absolute Gasteiger partial charge is 0.126 e. The molecule has 1 aromatic carbocycles. The van der Waals surface area contributed by atoms with Gasteiger partial charge in [0.2, 0.25) is 0 Å². The summed E-state index contributed by atoms with van der Waals surface area (Å²) in [5, 5.41) is 6.46. The molecule has 0 bridgehead atoms. The van der Waals surface area contributed by atoms with Crippen LogP contribution in [0, 0.1) is 0 Å². The van der Waals surface area contributed by atoms with E-state index in [2.05, 4.69) is 10.2 Å². The largest absolute Gasteiger partial charge is 0.496 e. The van der Waals surface area contributed by atoms with Crippen molar-refractivity contribution in [2.24, 2.45) is 0 Å². The molecule has 84 valence electrons. The number of halogens is 1. The highest BCUT2D eigenvalue weighted by atomic mass is 19.1. The van der Waals surface area contributed by atoms with Crippen LogP contribution >= 0.6 is 0 Å². The van der Waals surface area contributed by atoms with Gasteiger partial charge in [0.05, 0.1) is 13.3 Å². The van der Waals surface area contributed by atoms with Gasteiger partial charge < -0.3 is 10.5 Å². The second-order valence-electron chi connectivity index (χ2n) is 3.36. The van der Waals surface area contributed by atoms with Gasteiger partial charge in [0, 0.05) is 11.1 Å². The summed E-state index contributed by atoms with van der Waals surface area (Å²) in [5.41, 5.74) is 7.77. The van der Waals surface area contributed by atoms with Gasteiger partial charge in [-0.05, 0) is 17.7 Å². The van der Waals surface area contributed by atoms with E-state index in [1.165, 1.54) is 7.11 Å². The lowest BCUT2D eigenvalue weighted by atomic mass is 10.1.